The van der Waals surface area contributed by atoms with Crippen molar-refractivity contribution in [2.24, 2.45) is 7.05 Å². The van der Waals surface area contributed by atoms with Crippen molar-refractivity contribution >= 4 is 27.8 Å². The molecule has 1 aliphatic rings. The number of imidazole rings is 1. The van der Waals surface area contributed by atoms with E-state index in [4.69, 9.17) is 24.5 Å². The second kappa shape index (κ2) is 12.0. The Hall–Kier alpha value is -5.49. The molecule has 1 atom stereocenters. The third-order valence-electron chi connectivity index (χ3n) is 8.53. The molecule has 4 aromatic heterocycles. The van der Waals surface area contributed by atoms with Crippen molar-refractivity contribution in [2.45, 2.75) is 19.5 Å². The van der Waals surface area contributed by atoms with Crippen molar-refractivity contribution in [1.29, 1.82) is 0 Å². The number of methoxy groups -OCH3 is 1. The molecule has 5 heterocycles. The molecule has 10 nitrogen and oxygen atoms in total. The minimum Gasteiger partial charge on any atom is -0.490 e. The lowest BCUT2D eigenvalue weighted by atomic mass is 9.94. The molecule has 1 aliphatic heterocycles. The van der Waals surface area contributed by atoms with Crippen LogP contribution >= 0.6 is 0 Å². The first kappa shape index (κ1) is 30.2. The molecule has 0 saturated heterocycles. The number of carbonyl (C=O) groups is 1. The van der Waals surface area contributed by atoms with Crippen LogP contribution in [-0.4, -0.2) is 67.0 Å². The number of ether oxygens (including phenoxy) is 2. The number of hydrogen-bond acceptors (Lipinski definition) is 7. The topological polar surface area (TPSA) is 100 Å². The standard InChI is InChI=1S/C35H31F2N7O3/c1-5-30(45)43-11-12-44-28(20(43)2)18-26(41-44)35-32(31-24(37)16-22(36)17-29(31)47-14-13-46-4)34-23(7-6-10-38-34)33(40-35)21-8-9-27-25(15-21)39-19-42(27)3/h5-10,15-20H,1,11-14H2,2-4H3/t20-/m1/s1. The van der Waals surface area contributed by atoms with Crippen molar-refractivity contribution in [2.75, 3.05) is 26.9 Å². The van der Waals surface area contributed by atoms with Crippen LogP contribution in [0.1, 0.15) is 18.7 Å². The molecule has 1 amide bonds. The molecule has 0 bridgehead atoms. The molecule has 0 unspecified atom stereocenters. The number of fused-ring (bicyclic) bond motifs is 3. The van der Waals surface area contributed by atoms with Crippen molar-refractivity contribution in [1.82, 2.24) is 34.2 Å². The fourth-order valence-corrected chi connectivity index (χ4v) is 6.24. The lowest BCUT2D eigenvalue weighted by molar-refractivity contribution is -0.129. The van der Waals surface area contributed by atoms with E-state index in [9.17, 15) is 9.18 Å². The van der Waals surface area contributed by atoms with Crippen LogP contribution in [0.15, 0.2) is 73.7 Å². The molecular formula is C35H31F2N7O3. The second-order valence-corrected chi connectivity index (χ2v) is 11.3. The van der Waals surface area contributed by atoms with Crippen LogP contribution in [-0.2, 0) is 23.1 Å². The average Bonchev–Trinajstić information content (AvgIpc) is 3.68. The van der Waals surface area contributed by atoms with Crippen LogP contribution < -0.4 is 4.74 Å². The van der Waals surface area contributed by atoms with Gasteiger partial charge in [-0.2, -0.15) is 5.10 Å². The number of pyridine rings is 2. The van der Waals surface area contributed by atoms with E-state index >= 15 is 4.39 Å². The van der Waals surface area contributed by atoms with E-state index in [1.807, 2.05) is 53.6 Å². The zero-order valence-corrected chi connectivity index (χ0v) is 26.1. The first-order chi connectivity index (χ1) is 22.8. The van der Waals surface area contributed by atoms with Crippen molar-refractivity contribution in [3.05, 3.63) is 91.0 Å². The summed E-state index contributed by atoms with van der Waals surface area (Å²) < 4.78 is 45.6. The highest BCUT2D eigenvalue weighted by molar-refractivity contribution is 6.07. The summed E-state index contributed by atoms with van der Waals surface area (Å²) in [6.45, 7) is 6.72. The third kappa shape index (κ3) is 5.20. The molecule has 0 spiro atoms. The lowest BCUT2D eigenvalue weighted by Gasteiger charge is -2.33. The lowest BCUT2D eigenvalue weighted by Crippen LogP contribution is -2.40. The van der Waals surface area contributed by atoms with Gasteiger partial charge < -0.3 is 18.9 Å². The Balaban J connectivity index is 1.53. The highest BCUT2D eigenvalue weighted by Crippen LogP contribution is 2.45. The van der Waals surface area contributed by atoms with Gasteiger partial charge in [0.25, 0.3) is 0 Å². The number of aryl methyl sites for hydroxylation is 1. The van der Waals surface area contributed by atoms with Gasteiger partial charge in [0.1, 0.15) is 35.4 Å². The number of nitrogens with zero attached hydrogens (tertiary/aromatic N) is 7. The van der Waals surface area contributed by atoms with E-state index in [0.717, 1.165) is 34.4 Å². The SMILES string of the molecule is C=CC(=O)N1CCn2nc(-c3nc(-c4ccc5c(c4)ncn5C)c4cccnc4c3-c3c(F)cc(F)cc3OCCOC)cc2[C@H]1C. The van der Waals surface area contributed by atoms with Crippen LogP contribution in [0, 0.1) is 11.6 Å². The number of benzene rings is 2. The molecule has 0 saturated carbocycles. The Labute approximate surface area is 268 Å². The van der Waals surface area contributed by atoms with Crippen LogP contribution in [0.25, 0.3) is 55.7 Å². The van der Waals surface area contributed by atoms with E-state index < -0.39 is 11.6 Å². The van der Waals surface area contributed by atoms with Gasteiger partial charge >= 0.3 is 0 Å². The van der Waals surface area contributed by atoms with Crippen LogP contribution in [0.5, 0.6) is 5.75 Å². The number of rotatable bonds is 8. The third-order valence-corrected chi connectivity index (χ3v) is 8.53. The molecule has 2 aromatic carbocycles. The molecule has 238 valence electrons. The molecular weight excluding hydrogens is 604 g/mol. The predicted octanol–water partition coefficient (Wildman–Crippen LogP) is 6.11. The Morgan fingerprint density at radius 2 is 1.91 bits per heavy atom. The number of hydrogen-bond donors (Lipinski definition) is 0. The minimum absolute atomic E-state index is 0.00270. The van der Waals surface area contributed by atoms with Crippen molar-refractivity contribution in [3.8, 4) is 39.5 Å². The maximum Gasteiger partial charge on any atom is 0.246 e. The van der Waals surface area contributed by atoms with Gasteiger partial charge in [-0.15, -0.1) is 0 Å². The Morgan fingerprint density at radius 1 is 1.06 bits per heavy atom. The molecule has 6 aromatic rings. The molecule has 0 radical (unpaired) electrons. The van der Waals surface area contributed by atoms with Gasteiger partial charge in [0, 0.05) is 55.5 Å². The fourth-order valence-electron chi connectivity index (χ4n) is 6.24. The summed E-state index contributed by atoms with van der Waals surface area (Å²) in [4.78, 5) is 28.8. The molecule has 47 heavy (non-hydrogen) atoms. The predicted molar refractivity (Wildman–Crippen MR) is 174 cm³/mol. The Kier molecular flexibility index (Phi) is 7.72. The molecule has 0 aliphatic carbocycles. The van der Waals surface area contributed by atoms with E-state index in [-0.39, 0.29) is 36.5 Å². The summed E-state index contributed by atoms with van der Waals surface area (Å²) in [6.07, 6.45) is 4.66. The van der Waals surface area contributed by atoms with Gasteiger partial charge in [0.2, 0.25) is 5.91 Å². The van der Waals surface area contributed by atoms with Crippen molar-refractivity contribution in [3.63, 3.8) is 0 Å². The van der Waals surface area contributed by atoms with Crippen LogP contribution in [0.4, 0.5) is 8.78 Å². The second-order valence-electron chi connectivity index (χ2n) is 11.3. The summed E-state index contributed by atoms with van der Waals surface area (Å²) >= 11 is 0. The Morgan fingerprint density at radius 3 is 2.72 bits per heavy atom. The van der Waals surface area contributed by atoms with Crippen LogP contribution in [0.2, 0.25) is 0 Å². The number of halogens is 2. The van der Waals surface area contributed by atoms with Gasteiger partial charge in [-0.1, -0.05) is 12.6 Å². The zero-order valence-electron chi connectivity index (χ0n) is 26.1. The van der Waals surface area contributed by atoms with Gasteiger partial charge in [-0.3, -0.25) is 14.5 Å². The number of amides is 1. The van der Waals surface area contributed by atoms with Gasteiger partial charge in [-0.25, -0.2) is 18.7 Å². The average molecular weight is 636 g/mol. The molecule has 12 heteroatoms. The summed E-state index contributed by atoms with van der Waals surface area (Å²) in [5, 5.41) is 5.56. The Bertz CT molecular complexity index is 2190. The van der Waals surface area contributed by atoms with Gasteiger partial charge in [0.05, 0.1) is 59.0 Å². The quantitative estimate of drug-likeness (QED) is 0.147. The smallest absolute Gasteiger partial charge is 0.246 e. The highest BCUT2D eigenvalue weighted by atomic mass is 19.1. The van der Waals surface area contributed by atoms with Crippen molar-refractivity contribution < 1.29 is 23.0 Å². The van der Waals surface area contributed by atoms with Gasteiger partial charge in [-0.05, 0) is 43.3 Å². The maximum absolute atomic E-state index is 16.1. The highest BCUT2D eigenvalue weighted by Gasteiger charge is 2.31. The summed E-state index contributed by atoms with van der Waals surface area (Å²) in [6, 6.07) is 13.0. The largest absolute Gasteiger partial charge is 0.490 e. The molecule has 7 rings (SSSR count). The minimum atomic E-state index is -0.838. The molecule has 0 fully saturated rings. The number of aromatic nitrogens is 6. The van der Waals surface area contributed by atoms with Crippen LogP contribution in [0.3, 0.4) is 0 Å². The van der Waals surface area contributed by atoms with Gasteiger partial charge in [0.15, 0.2) is 0 Å². The first-order valence-corrected chi connectivity index (χ1v) is 15.1. The summed E-state index contributed by atoms with van der Waals surface area (Å²) in [5.74, 6) is -1.82. The number of carbonyl (C=O) groups excluding carboxylic acids is 1. The van der Waals surface area contributed by atoms with E-state index in [2.05, 4.69) is 11.6 Å². The summed E-state index contributed by atoms with van der Waals surface area (Å²) in [5.41, 5.74) is 5.38. The molecule has 0 N–H and O–H groups in total. The fraction of sp³-hybridized carbons (Fsp3) is 0.229. The van der Waals surface area contributed by atoms with E-state index in [1.165, 1.54) is 13.2 Å². The monoisotopic (exact) mass is 635 g/mol. The normalized spacial score (nSPS) is 14.5. The maximum atomic E-state index is 16.1. The van der Waals surface area contributed by atoms with E-state index in [0.29, 0.717) is 46.6 Å². The van der Waals surface area contributed by atoms with E-state index in [1.54, 1.807) is 23.5 Å². The summed E-state index contributed by atoms with van der Waals surface area (Å²) in [7, 11) is 3.44. The first-order valence-electron chi connectivity index (χ1n) is 15.1. The zero-order chi connectivity index (χ0) is 32.8.